The van der Waals surface area contributed by atoms with Crippen LogP contribution in [0.15, 0.2) is 12.1 Å². The van der Waals surface area contributed by atoms with Crippen molar-refractivity contribution in [2.24, 2.45) is 5.73 Å². The van der Waals surface area contributed by atoms with Crippen LogP contribution in [-0.4, -0.2) is 13.7 Å². The number of methoxy groups -OCH3 is 1. The molecule has 78 valence electrons. The van der Waals surface area contributed by atoms with Crippen molar-refractivity contribution in [3.8, 4) is 5.75 Å². The van der Waals surface area contributed by atoms with Crippen LogP contribution in [0.2, 0.25) is 5.02 Å². The van der Waals surface area contributed by atoms with E-state index in [4.69, 9.17) is 22.1 Å². The number of ether oxygens (including phenoxy) is 1. The zero-order valence-corrected chi connectivity index (χ0v) is 9.40. The number of rotatable bonds is 4. The number of hydrogen-bond acceptors (Lipinski definition) is 2. The van der Waals surface area contributed by atoms with Crippen molar-refractivity contribution in [3.63, 3.8) is 0 Å². The molecule has 0 saturated carbocycles. The lowest BCUT2D eigenvalue weighted by molar-refractivity contribution is 0.414. The smallest absolute Gasteiger partial charge is 0.120 e. The Hall–Kier alpha value is -0.730. The summed E-state index contributed by atoms with van der Waals surface area (Å²) in [6.45, 7) is 2.72. The maximum absolute atomic E-state index is 6.07. The summed E-state index contributed by atoms with van der Waals surface area (Å²) in [5.74, 6) is 0.813. The molecule has 0 saturated heterocycles. The molecule has 0 aliphatic carbocycles. The van der Waals surface area contributed by atoms with E-state index in [1.54, 1.807) is 7.11 Å². The number of aryl methyl sites for hydroxylation is 1. The summed E-state index contributed by atoms with van der Waals surface area (Å²) in [6.07, 6.45) is 1.93. The first-order valence-corrected chi connectivity index (χ1v) is 5.10. The molecule has 2 nitrogen and oxygen atoms in total. The van der Waals surface area contributed by atoms with Gasteiger partial charge >= 0.3 is 0 Å². The molecule has 0 spiro atoms. The summed E-state index contributed by atoms with van der Waals surface area (Å²) in [5, 5.41) is 0.761. The van der Waals surface area contributed by atoms with Crippen LogP contribution in [0.3, 0.4) is 0 Å². The van der Waals surface area contributed by atoms with Gasteiger partial charge in [-0.2, -0.15) is 0 Å². The van der Waals surface area contributed by atoms with Crippen molar-refractivity contribution in [3.05, 3.63) is 28.3 Å². The molecule has 0 fully saturated rings. The van der Waals surface area contributed by atoms with E-state index in [0.717, 1.165) is 29.2 Å². The van der Waals surface area contributed by atoms with Crippen molar-refractivity contribution in [1.82, 2.24) is 0 Å². The standard InChI is InChI=1S/C11H16ClNO/c1-8-9(4-3-5-13)6-10(14-2)7-11(8)12/h6-7H,3-5,13H2,1-2H3. The highest BCUT2D eigenvalue weighted by Crippen LogP contribution is 2.26. The molecule has 14 heavy (non-hydrogen) atoms. The minimum atomic E-state index is 0.703. The highest BCUT2D eigenvalue weighted by Gasteiger charge is 2.05. The Bertz CT molecular complexity index is 312. The molecule has 1 aromatic carbocycles. The van der Waals surface area contributed by atoms with E-state index < -0.39 is 0 Å². The van der Waals surface area contributed by atoms with Crippen molar-refractivity contribution in [2.45, 2.75) is 19.8 Å². The Balaban J connectivity index is 2.95. The topological polar surface area (TPSA) is 35.2 Å². The van der Waals surface area contributed by atoms with Crippen molar-refractivity contribution >= 4 is 11.6 Å². The van der Waals surface area contributed by atoms with Gasteiger partial charge in [-0.1, -0.05) is 11.6 Å². The van der Waals surface area contributed by atoms with Crippen molar-refractivity contribution in [2.75, 3.05) is 13.7 Å². The molecule has 0 heterocycles. The molecule has 1 rings (SSSR count). The first kappa shape index (κ1) is 11.3. The van der Waals surface area contributed by atoms with E-state index in [-0.39, 0.29) is 0 Å². The number of nitrogens with two attached hydrogens (primary N) is 1. The van der Waals surface area contributed by atoms with Crippen LogP contribution in [0.5, 0.6) is 5.75 Å². The first-order chi connectivity index (χ1) is 6.69. The molecular weight excluding hydrogens is 198 g/mol. The third-order valence-electron chi connectivity index (χ3n) is 2.31. The van der Waals surface area contributed by atoms with Gasteiger partial charge in [-0.15, -0.1) is 0 Å². The molecule has 0 radical (unpaired) electrons. The summed E-state index contributed by atoms with van der Waals surface area (Å²) in [6, 6.07) is 3.86. The van der Waals surface area contributed by atoms with Crippen LogP contribution >= 0.6 is 11.6 Å². The van der Waals surface area contributed by atoms with Crippen molar-refractivity contribution < 1.29 is 4.74 Å². The lowest BCUT2D eigenvalue weighted by Gasteiger charge is -2.09. The summed E-state index contributed by atoms with van der Waals surface area (Å²) < 4.78 is 5.15. The molecule has 0 bridgehead atoms. The predicted molar refractivity (Wildman–Crippen MR) is 60.1 cm³/mol. The van der Waals surface area contributed by atoms with Gasteiger partial charge in [0.2, 0.25) is 0 Å². The van der Waals surface area contributed by atoms with E-state index in [1.165, 1.54) is 5.56 Å². The average Bonchev–Trinajstić information content (AvgIpc) is 2.20. The van der Waals surface area contributed by atoms with Crippen LogP contribution in [-0.2, 0) is 6.42 Å². The Morgan fingerprint density at radius 1 is 1.43 bits per heavy atom. The third-order valence-corrected chi connectivity index (χ3v) is 2.70. The van der Waals surface area contributed by atoms with Crippen LogP contribution < -0.4 is 10.5 Å². The molecule has 0 amide bonds. The van der Waals surface area contributed by atoms with E-state index in [1.807, 2.05) is 19.1 Å². The molecule has 0 aliphatic rings. The second-order valence-electron chi connectivity index (χ2n) is 3.29. The fraction of sp³-hybridized carbons (Fsp3) is 0.455. The second-order valence-corrected chi connectivity index (χ2v) is 3.69. The van der Waals surface area contributed by atoms with Gasteiger partial charge in [0.05, 0.1) is 7.11 Å². The number of benzene rings is 1. The Labute approximate surface area is 90.0 Å². The normalized spacial score (nSPS) is 10.3. The fourth-order valence-electron chi connectivity index (χ4n) is 1.38. The Kier molecular flexibility index (Phi) is 4.23. The van der Waals surface area contributed by atoms with Gasteiger partial charge in [-0.05, 0) is 49.6 Å². The highest BCUT2D eigenvalue weighted by molar-refractivity contribution is 6.31. The zero-order chi connectivity index (χ0) is 10.6. The molecule has 2 N–H and O–H groups in total. The Morgan fingerprint density at radius 3 is 2.71 bits per heavy atom. The number of hydrogen-bond donors (Lipinski definition) is 1. The second kappa shape index (κ2) is 5.23. The van der Waals surface area contributed by atoms with Gasteiger partial charge in [0.1, 0.15) is 5.75 Å². The summed E-state index contributed by atoms with van der Waals surface area (Å²) >= 11 is 6.07. The largest absolute Gasteiger partial charge is 0.497 e. The molecule has 0 unspecified atom stereocenters. The van der Waals surface area contributed by atoms with Gasteiger partial charge in [-0.3, -0.25) is 0 Å². The maximum atomic E-state index is 6.07. The van der Waals surface area contributed by atoms with E-state index >= 15 is 0 Å². The fourth-order valence-corrected chi connectivity index (χ4v) is 1.61. The molecule has 0 atom stereocenters. The SMILES string of the molecule is COc1cc(Cl)c(C)c(CCCN)c1. The highest BCUT2D eigenvalue weighted by atomic mass is 35.5. The van der Waals surface area contributed by atoms with E-state index in [9.17, 15) is 0 Å². The minimum absolute atomic E-state index is 0.703. The van der Waals surface area contributed by atoms with Crippen molar-refractivity contribution in [1.29, 1.82) is 0 Å². The van der Waals surface area contributed by atoms with Gasteiger partial charge < -0.3 is 10.5 Å². The van der Waals surface area contributed by atoms with Crippen LogP contribution in [0, 0.1) is 6.92 Å². The summed E-state index contributed by atoms with van der Waals surface area (Å²) in [4.78, 5) is 0. The minimum Gasteiger partial charge on any atom is -0.497 e. The molecule has 3 heteroatoms. The maximum Gasteiger partial charge on any atom is 0.120 e. The zero-order valence-electron chi connectivity index (χ0n) is 8.64. The predicted octanol–water partition coefficient (Wildman–Crippen LogP) is 2.55. The summed E-state index contributed by atoms with van der Waals surface area (Å²) in [7, 11) is 1.65. The monoisotopic (exact) mass is 213 g/mol. The summed E-state index contributed by atoms with van der Waals surface area (Å²) in [5.41, 5.74) is 7.82. The lowest BCUT2D eigenvalue weighted by atomic mass is 10.0. The number of halogens is 1. The van der Waals surface area contributed by atoms with Crippen LogP contribution in [0.25, 0.3) is 0 Å². The van der Waals surface area contributed by atoms with E-state index in [0.29, 0.717) is 6.54 Å². The third kappa shape index (κ3) is 2.63. The van der Waals surface area contributed by atoms with Crippen LogP contribution in [0.4, 0.5) is 0 Å². The molecule has 0 aliphatic heterocycles. The van der Waals surface area contributed by atoms with Gasteiger partial charge in [0.25, 0.3) is 0 Å². The van der Waals surface area contributed by atoms with Gasteiger partial charge in [0.15, 0.2) is 0 Å². The lowest BCUT2D eigenvalue weighted by Crippen LogP contribution is -2.02. The Morgan fingerprint density at radius 2 is 2.14 bits per heavy atom. The van der Waals surface area contributed by atoms with Gasteiger partial charge in [0, 0.05) is 5.02 Å². The first-order valence-electron chi connectivity index (χ1n) is 4.72. The molecule has 1 aromatic rings. The average molecular weight is 214 g/mol. The van der Waals surface area contributed by atoms with E-state index in [2.05, 4.69) is 0 Å². The quantitative estimate of drug-likeness (QED) is 0.835. The van der Waals surface area contributed by atoms with Gasteiger partial charge in [-0.25, -0.2) is 0 Å². The molecule has 0 aromatic heterocycles. The molecular formula is C11H16ClNO. The van der Waals surface area contributed by atoms with Crippen LogP contribution in [0.1, 0.15) is 17.5 Å².